The van der Waals surface area contributed by atoms with Crippen LogP contribution >= 0.6 is 0 Å². The first-order valence-electron chi connectivity index (χ1n) is 8.72. The topological polar surface area (TPSA) is 132 Å². The Kier molecular flexibility index (Phi) is 5.38. The largest absolute Gasteiger partial charge is 0.496 e. The molecule has 0 aliphatic carbocycles. The van der Waals surface area contributed by atoms with E-state index in [1.165, 1.54) is 7.11 Å². The third-order valence-corrected chi connectivity index (χ3v) is 5.05. The van der Waals surface area contributed by atoms with E-state index in [-0.39, 0.29) is 24.0 Å². The number of amidine groups is 1. The van der Waals surface area contributed by atoms with Gasteiger partial charge in [0.25, 0.3) is 5.91 Å². The lowest BCUT2D eigenvalue weighted by atomic mass is 10.1. The molecule has 0 unspecified atom stereocenters. The zero-order chi connectivity index (χ0) is 21.2. The molecule has 0 fully saturated rings. The van der Waals surface area contributed by atoms with Crippen LogP contribution in [0.5, 0.6) is 11.5 Å². The van der Waals surface area contributed by atoms with Crippen LogP contribution in [0.15, 0.2) is 46.9 Å². The maximum absolute atomic E-state index is 12.6. The lowest BCUT2D eigenvalue weighted by molar-refractivity contribution is 0.0877. The number of carbonyl (C=O) groups is 1. The maximum atomic E-state index is 12.6. The molecule has 0 saturated carbocycles. The summed E-state index contributed by atoms with van der Waals surface area (Å²) in [5, 5.41) is 2.90. The monoisotopic (exact) mass is 418 g/mol. The fourth-order valence-electron chi connectivity index (χ4n) is 2.84. The van der Waals surface area contributed by atoms with Crippen LogP contribution in [0.25, 0.3) is 0 Å². The predicted octanol–water partition coefficient (Wildman–Crippen LogP) is 1.66. The quantitative estimate of drug-likeness (QED) is 0.654. The summed E-state index contributed by atoms with van der Waals surface area (Å²) >= 11 is 0. The number of nitrogens with two attached hydrogens (primary N) is 1. The van der Waals surface area contributed by atoms with Crippen molar-refractivity contribution in [1.29, 1.82) is 0 Å². The molecular weight excluding hydrogens is 396 g/mol. The molecule has 29 heavy (non-hydrogen) atoms. The van der Waals surface area contributed by atoms with Crippen LogP contribution in [0, 0.1) is 0 Å². The number of hydrogen-bond donors (Lipinski definition) is 3. The maximum Gasteiger partial charge on any atom is 0.344 e. The Hall–Kier alpha value is -3.27. The zero-order valence-electron chi connectivity index (χ0n) is 16.2. The molecule has 1 aliphatic rings. The van der Waals surface area contributed by atoms with Crippen molar-refractivity contribution >= 4 is 27.6 Å². The van der Waals surface area contributed by atoms with E-state index in [1.807, 2.05) is 0 Å². The van der Waals surface area contributed by atoms with Gasteiger partial charge in [-0.25, -0.2) is 0 Å². The number of hydrogen-bond acceptors (Lipinski definition) is 6. The van der Waals surface area contributed by atoms with E-state index in [0.717, 1.165) is 0 Å². The molecule has 0 radical (unpaired) electrons. The molecule has 1 heterocycles. The number of fused-ring (bicyclic) bond motifs is 1. The molecule has 3 rings (SSSR count). The molecule has 0 spiro atoms. The van der Waals surface area contributed by atoms with Gasteiger partial charge in [0.2, 0.25) is 0 Å². The van der Waals surface area contributed by atoms with E-state index >= 15 is 0 Å². The third kappa shape index (κ3) is 4.60. The van der Waals surface area contributed by atoms with Crippen molar-refractivity contribution in [2.75, 3.05) is 18.4 Å². The van der Waals surface area contributed by atoms with Gasteiger partial charge in [-0.05, 0) is 38.1 Å². The second-order valence-electron chi connectivity index (χ2n) is 7.06. The minimum absolute atomic E-state index is 0.102. The molecule has 2 aromatic carbocycles. The van der Waals surface area contributed by atoms with Gasteiger partial charge >= 0.3 is 10.2 Å². The van der Waals surface area contributed by atoms with Gasteiger partial charge in [0.1, 0.15) is 18.1 Å². The van der Waals surface area contributed by atoms with Crippen LogP contribution in [0.1, 0.15) is 29.8 Å². The van der Waals surface area contributed by atoms with E-state index < -0.39 is 15.7 Å². The van der Waals surface area contributed by atoms with Crippen molar-refractivity contribution in [2.24, 2.45) is 10.1 Å². The standard InChI is InChI=1S/C19H22N4O5S/c1-19(2,21-18(24)12-7-4-5-9-14(12)27-3)11-28-15-10-6-8-13-16(15)17(20)23-29(25,26)22-13/h4-10,22H,11H2,1-3H3,(H2,20,23)(H,21,24). The van der Waals surface area contributed by atoms with Crippen LogP contribution in [-0.2, 0) is 10.2 Å². The number of carbonyl (C=O) groups excluding carboxylic acids is 1. The highest BCUT2D eigenvalue weighted by Gasteiger charge is 2.27. The summed E-state index contributed by atoms with van der Waals surface area (Å²) in [5.41, 5.74) is 6.12. The number of nitrogens with zero attached hydrogens (tertiary/aromatic N) is 1. The van der Waals surface area contributed by atoms with Gasteiger partial charge in [-0.1, -0.05) is 18.2 Å². The van der Waals surface area contributed by atoms with Crippen molar-refractivity contribution in [3.63, 3.8) is 0 Å². The van der Waals surface area contributed by atoms with E-state index in [0.29, 0.717) is 22.6 Å². The van der Waals surface area contributed by atoms with Gasteiger partial charge in [-0.15, -0.1) is 4.40 Å². The minimum Gasteiger partial charge on any atom is -0.496 e. The Morgan fingerprint density at radius 1 is 1.17 bits per heavy atom. The SMILES string of the molecule is COc1ccccc1C(=O)NC(C)(C)COc1cccc2c1C(N)=NS(=O)(=O)N2. The molecule has 0 aromatic heterocycles. The van der Waals surface area contributed by atoms with Crippen LogP contribution in [0.4, 0.5) is 5.69 Å². The highest BCUT2D eigenvalue weighted by Crippen LogP contribution is 2.31. The summed E-state index contributed by atoms with van der Waals surface area (Å²) in [6, 6.07) is 11.8. The molecule has 154 valence electrons. The second-order valence-corrected chi connectivity index (χ2v) is 8.40. The summed E-state index contributed by atoms with van der Waals surface area (Å²) in [5.74, 6) is 0.353. The molecule has 9 nitrogen and oxygen atoms in total. The van der Waals surface area contributed by atoms with Crippen LogP contribution in [-0.4, -0.2) is 39.4 Å². The van der Waals surface area contributed by atoms with Gasteiger partial charge < -0.3 is 20.5 Å². The van der Waals surface area contributed by atoms with Gasteiger partial charge in [0.05, 0.1) is 29.5 Å². The fourth-order valence-corrected chi connectivity index (χ4v) is 3.68. The average molecular weight is 418 g/mol. The smallest absolute Gasteiger partial charge is 0.344 e. The number of para-hydroxylation sites is 1. The van der Waals surface area contributed by atoms with Crippen molar-refractivity contribution in [3.8, 4) is 11.5 Å². The summed E-state index contributed by atoms with van der Waals surface area (Å²) in [6.07, 6.45) is 0. The molecule has 2 aromatic rings. The van der Waals surface area contributed by atoms with Gasteiger partial charge in [-0.3, -0.25) is 9.52 Å². The highest BCUT2D eigenvalue weighted by molar-refractivity contribution is 7.91. The number of benzene rings is 2. The van der Waals surface area contributed by atoms with Crippen LogP contribution in [0.3, 0.4) is 0 Å². The second kappa shape index (κ2) is 7.63. The van der Waals surface area contributed by atoms with E-state index in [1.54, 1.807) is 56.3 Å². The zero-order valence-corrected chi connectivity index (χ0v) is 17.0. The van der Waals surface area contributed by atoms with Crippen LogP contribution in [0.2, 0.25) is 0 Å². The Bertz CT molecular complexity index is 1080. The van der Waals surface area contributed by atoms with E-state index in [4.69, 9.17) is 15.2 Å². The van der Waals surface area contributed by atoms with Gasteiger partial charge in [0, 0.05) is 0 Å². The number of rotatable bonds is 6. The van der Waals surface area contributed by atoms with Crippen LogP contribution < -0.4 is 25.2 Å². The van der Waals surface area contributed by atoms with Crippen molar-refractivity contribution in [2.45, 2.75) is 19.4 Å². The summed E-state index contributed by atoms with van der Waals surface area (Å²) in [6.45, 7) is 3.70. The molecule has 0 saturated heterocycles. The molecule has 4 N–H and O–H groups in total. The lowest BCUT2D eigenvalue weighted by Gasteiger charge is -2.28. The normalized spacial score (nSPS) is 14.8. The Balaban J connectivity index is 1.76. The number of amides is 1. The highest BCUT2D eigenvalue weighted by atomic mass is 32.2. The first kappa shape index (κ1) is 20.5. The Morgan fingerprint density at radius 2 is 1.86 bits per heavy atom. The molecule has 0 atom stereocenters. The van der Waals surface area contributed by atoms with E-state index in [2.05, 4.69) is 14.4 Å². The molecule has 0 bridgehead atoms. The fraction of sp³-hybridized carbons (Fsp3) is 0.263. The number of nitrogens with one attached hydrogen (secondary N) is 2. The first-order chi connectivity index (χ1) is 13.6. The predicted molar refractivity (Wildman–Crippen MR) is 110 cm³/mol. The summed E-state index contributed by atoms with van der Waals surface area (Å²) in [4.78, 5) is 12.6. The van der Waals surface area contributed by atoms with Gasteiger partial charge in [0.15, 0.2) is 5.84 Å². The average Bonchev–Trinajstić information content (AvgIpc) is 2.64. The number of methoxy groups -OCH3 is 1. The minimum atomic E-state index is -3.87. The molecule has 1 aliphatic heterocycles. The summed E-state index contributed by atoms with van der Waals surface area (Å²) in [7, 11) is -2.37. The molecular formula is C19H22N4O5S. The van der Waals surface area contributed by atoms with Crippen molar-refractivity contribution in [3.05, 3.63) is 53.6 Å². The lowest BCUT2D eigenvalue weighted by Crippen LogP contribution is -2.48. The van der Waals surface area contributed by atoms with Crippen molar-refractivity contribution in [1.82, 2.24) is 5.32 Å². The summed E-state index contributed by atoms with van der Waals surface area (Å²) < 4.78 is 40.2. The van der Waals surface area contributed by atoms with E-state index in [9.17, 15) is 13.2 Å². The molecule has 10 heteroatoms. The Labute approximate surface area is 169 Å². The molecule has 1 amide bonds. The number of anilines is 1. The van der Waals surface area contributed by atoms with Crippen molar-refractivity contribution < 1.29 is 22.7 Å². The number of ether oxygens (including phenoxy) is 2. The first-order valence-corrected chi connectivity index (χ1v) is 10.2. The third-order valence-electron chi connectivity index (χ3n) is 4.13. The van der Waals surface area contributed by atoms with Gasteiger partial charge in [-0.2, -0.15) is 8.42 Å². The Morgan fingerprint density at radius 3 is 2.59 bits per heavy atom.